The summed E-state index contributed by atoms with van der Waals surface area (Å²) in [5, 5.41) is 0. The van der Waals surface area contributed by atoms with E-state index < -0.39 is 0 Å². The standard InChI is InChI=1S/C30H39N/c1-8-9-10-23-11-17-26(18-12-23)31(27-19-13-24(14-20-27)29(2,3)4)28-21-15-25(16-22-28)30(5,6)7/h11-22H,8-10H2,1-7H3. The summed E-state index contributed by atoms with van der Waals surface area (Å²) in [4.78, 5) is 2.36. The van der Waals surface area contributed by atoms with Crippen LogP contribution in [0, 0.1) is 0 Å². The molecule has 0 aliphatic carbocycles. The zero-order valence-electron chi connectivity index (χ0n) is 20.5. The molecule has 1 heteroatoms. The normalized spacial score (nSPS) is 12.1. The van der Waals surface area contributed by atoms with Crippen molar-refractivity contribution in [3.63, 3.8) is 0 Å². The molecule has 0 bridgehead atoms. The van der Waals surface area contributed by atoms with Crippen LogP contribution in [0.4, 0.5) is 17.1 Å². The lowest BCUT2D eigenvalue weighted by atomic mass is 9.86. The van der Waals surface area contributed by atoms with E-state index >= 15 is 0 Å². The SMILES string of the molecule is CCCCc1ccc(N(c2ccc(C(C)(C)C)cc2)c2ccc(C(C)(C)C)cc2)cc1. The van der Waals surface area contributed by atoms with Gasteiger partial charge in [-0.05, 0) is 76.8 Å². The van der Waals surface area contributed by atoms with Crippen molar-refractivity contribution in [1.29, 1.82) is 0 Å². The molecular formula is C30H39N. The summed E-state index contributed by atoms with van der Waals surface area (Å²) in [5.74, 6) is 0. The van der Waals surface area contributed by atoms with E-state index in [9.17, 15) is 0 Å². The van der Waals surface area contributed by atoms with Crippen molar-refractivity contribution in [2.75, 3.05) is 4.90 Å². The van der Waals surface area contributed by atoms with Gasteiger partial charge in [0.2, 0.25) is 0 Å². The minimum absolute atomic E-state index is 0.151. The van der Waals surface area contributed by atoms with Gasteiger partial charge in [0.1, 0.15) is 0 Å². The molecule has 0 saturated heterocycles. The maximum Gasteiger partial charge on any atom is 0.0461 e. The Morgan fingerprint density at radius 3 is 1.23 bits per heavy atom. The first-order chi connectivity index (χ1) is 14.6. The first-order valence-corrected chi connectivity index (χ1v) is 11.7. The van der Waals surface area contributed by atoms with Crippen molar-refractivity contribution in [3.05, 3.63) is 89.5 Å². The molecule has 3 aromatic rings. The number of rotatable bonds is 6. The summed E-state index contributed by atoms with van der Waals surface area (Å²) < 4.78 is 0. The average molecular weight is 414 g/mol. The largest absolute Gasteiger partial charge is 0.311 e. The van der Waals surface area contributed by atoms with Crippen molar-refractivity contribution in [1.82, 2.24) is 0 Å². The Balaban J connectivity index is 2.01. The number of hydrogen-bond donors (Lipinski definition) is 0. The predicted molar refractivity (Wildman–Crippen MR) is 137 cm³/mol. The molecule has 0 atom stereocenters. The first-order valence-electron chi connectivity index (χ1n) is 11.7. The smallest absolute Gasteiger partial charge is 0.0461 e. The van der Waals surface area contributed by atoms with E-state index in [2.05, 4.69) is 126 Å². The van der Waals surface area contributed by atoms with Crippen LogP contribution in [-0.2, 0) is 17.3 Å². The minimum atomic E-state index is 0.151. The van der Waals surface area contributed by atoms with E-state index in [1.54, 1.807) is 0 Å². The van der Waals surface area contributed by atoms with E-state index in [1.165, 1.54) is 46.6 Å². The van der Waals surface area contributed by atoms with Crippen LogP contribution in [0.5, 0.6) is 0 Å². The van der Waals surface area contributed by atoms with Crippen LogP contribution < -0.4 is 4.90 Å². The lowest BCUT2D eigenvalue weighted by molar-refractivity contribution is 0.590. The van der Waals surface area contributed by atoms with E-state index in [0.717, 1.165) is 6.42 Å². The fourth-order valence-corrected chi connectivity index (χ4v) is 3.86. The molecular weight excluding hydrogens is 374 g/mol. The number of benzene rings is 3. The monoisotopic (exact) mass is 413 g/mol. The Hall–Kier alpha value is -2.54. The second kappa shape index (κ2) is 9.30. The lowest BCUT2D eigenvalue weighted by Gasteiger charge is -2.28. The third kappa shape index (κ3) is 5.79. The van der Waals surface area contributed by atoms with Crippen molar-refractivity contribution in [2.24, 2.45) is 0 Å². The van der Waals surface area contributed by atoms with E-state index in [-0.39, 0.29) is 10.8 Å². The molecule has 3 aromatic carbocycles. The number of anilines is 3. The molecule has 0 spiro atoms. The Labute approximate surface area is 190 Å². The second-order valence-electron chi connectivity index (χ2n) is 10.7. The highest BCUT2D eigenvalue weighted by atomic mass is 15.1. The van der Waals surface area contributed by atoms with Crippen molar-refractivity contribution in [2.45, 2.75) is 78.6 Å². The highest BCUT2D eigenvalue weighted by molar-refractivity contribution is 5.76. The first kappa shape index (κ1) is 23.1. The fourth-order valence-electron chi connectivity index (χ4n) is 3.86. The molecule has 0 aliphatic rings. The molecule has 0 amide bonds. The molecule has 0 saturated carbocycles. The summed E-state index contributed by atoms with van der Waals surface area (Å²) in [5.41, 5.74) is 8.01. The fraction of sp³-hybridized carbons (Fsp3) is 0.400. The third-order valence-corrected chi connectivity index (χ3v) is 6.00. The van der Waals surface area contributed by atoms with Crippen molar-refractivity contribution in [3.8, 4) is 0 Å². The molecule has 0 aliphatic heterocycles. The van der Waals surface area contributed by atoms with Crippen molar-refractivity contribution >= 4 is 17.1 Å². The van der Waals surface area contributed by atoms with Gasteiger partial charge in [-0.3, -0.25) is 0 Å². The molecule has 0 aromatic heterocycles. The topological polar surface area (TPSA) is 3.24 Å². The Kier molecular flexibility index (Phi) is 6.94. The van der Waals surface area contributed by atoms with E-state index in [0.29, 0.717) is 0 Å². The van der Waals surface area contributed by atoms with Crippen LogP contribution >= 0.6 is 0 Å². The van der Waals surface area contributed by atoms with Gasteiger partial charge in [0.15, 0.2) is 0 Å². The van der Waals surface area contributed by atoms with Gasteiger partial charge in [0.25, 0.3) is 0 Å². The maximum absolute atomic E-state index is 2.36. The van der Waals surface area contributed by atoms with Crippen LogP contribution in [0.2, 0.25) is 0 Å². The van der Waals surface area contributed by atoms with Gasteiger partial charge in [-0.2, -0.15) is 0 Å². The van der Waals surface area contributed by atoms with Crippen molar-refractivity contribution < 1.29 is 0 Å². The number of hydrogen-bond acceptors (Lipinski definition) is 1. The number of unbranched alkanes of at least 4 members (excludes halogenated alkanes) is 1. The lowest BCUT2D eigenvalue weighted by Crippen LogP contribution is -2.14. The zero-order valence-corrected chi connectivity index (χ0v) is 20.5. The molecule has 0 fully saturated rings. The van der Waals surface area contributed by atoms with Gasteiger partial charge < -0.3 is 4.90 Å². The van der Waals surface area contributed by atoms with Gasteiger partial charge in [0.05, 0.1) is 0 Å². The number of aryl methyl sites for hydroxylation is 1. The Morgan fingerprint density at radius 2 is 0.903 bits per heavy atom. The Bertz CT molecular complexity index is 892. The predicted octanol–water partition coefficient (Wildman–Crippen LogP) is 9.09. The van der Waals surface area contributed by atoms with E-state index in [1.807, 2.05) is 0 Å². The van der Waals surface area contributed by atoms with E-state index in [4.69, 9.17) is 0 Å². The van der Waals surface area contributed by atoms with Crippen LogP contribution in [0.3, 0.4) is 0 Å². The molecule has 0 radical (unpaired) electrons. The molecule has 164 valence electrons. The highest BCUT2D eigenvalue weighted by Gasteiger charge is 2.18. The molecule has 0 unspecified atom stereocenters. The summed E-state index contributed by atoms with van der Waals surface area (Å²) in [7, 11) is 0. The van der Waals surface area contributed by atoms with Crippen LogP contribution in [-0.4, -0.2) is 0 Å². The third-order valence-electron chi connectivity index (χ3n) is 6.00. The van der Waals surface area contributed by atoms with Gasteiger partial charge in [-0.15, -0.1) is 0 Å². The van der Waals surface area contributed by atoms with Crippen LogP contribution in [0.1, 0.15) is 78.0 Å². The summed E-state index contributed by atoms with van der Waals surface area (Å²) in [6.45, 7) is 15.8. The average Bonchev–Trinajstić information content (AvgIpc) is 2.73. The molecule has 0 heterocycles. The van der Waals surface area contributed by atoms with Gasteiger partial charge in [-0.1, -0.05) is 91.3 Å². The Morgan fingerprint density at radius 1 is 0.548 bits per heavy atom. The van der Waals surface area contributed by atoms with Crippen LogP contribution in [0.25, 0.3) is 0 Å². The van der Waals surface area contributed by atoms with Gasteiger partial charge in [-0.25, -0.2) is 0 Å². The molecule has 31 heavy (non-hydrogen) atoms. The number of nitrogens with zero attached hydrogens (tertiary/aromatic N) is 1. The maximum atomic E-state index is 2.36. The van der Waals surface area contributed by atoms with Gasteiger partial charge >= 0.3 is 0 Å². The van der Waals surface area contributed by atoms with Crippen LogP contribution in [0.15, 0.2) is 72.8 Å². The van der Waals surface area contributed by atoms with Gasteiger partial charge in [0, 0.05) is 17.1 Å². The second-order valence-corrected chi connectivity index (χ2v) is 10.7. The quantitative estimate of drug-likeness (QED) is 0.389. The molecule has 1 nitrogen and oxygen atoms in total. The minimum Gasteiger partial charge on any atom is -0.311 e. The molecule has 3 rings (SSSR count). The summed E-state index contributed by atoms with van der Waals surface area (Å²) >= 11 is 0. The summed E-state index contributed by atoms with van der Waals surface area (Å²) in [6, 6.07) is 27.2. The zero-order chi connectivity index (χ0) is 22.6. The molecule has 0 N–H and O–H groups in total. The summed E-state index contributed by atoms with van der Waals surface area (Å²) in [6.07, 6.45) is 3.62. The highest BCUT2D eigenvalue weighted by Crippen LogP contribution is 2.37.